The highest BCUT2D eigenvalue weighted by atomic mass is 32.2. The highest BCUT2D eigenvalue weighted by molar-refractivity contribution is 8.14. The Balaban J connectivity index is 5.28. The largest absolute Gasteiger partial charge is 0.500 e. The number of rotatable bonds is 26. The Morgan fingerprint density at radius 2 is 1.11 bits per heavy atom. The summed E-state index contributed by atoms with van der Waals surface area (Å²) in [7, 11) is -5.50. The standard InChI is InChI=1S/C26H55O7SSi2/c1-8-15-16-17-18-21-26(27)34-25(22-24-36(31-12-5,32-13-6)33-14-7)20-19-23-35(28-9-2,29-10-3)30-11-4/h20,25H,8-19,21-24H2,1-7H3. The molecule has 1 radical (unpaired) electrons. The first kappa shape index (κ1) is 36.2. The number of carbonyl (C=O) groups is 1. The second-order valence-electron chi connectivity index (χ2n) is 8.47. The van der Waals surface area contributed by atoms with Gasteiger partial charge >= 0.3 is 17.6 Å². The van der Waals surface area contributed by atoms with Gasteiger partial charge in [0, 0.05) is 63.4 Å². The molecule has 0 aromatic carbocycles. The molecule has 0 aliphatic heterocycles. The van der Waals surface area contributed by atoms with E-state index in [9.17, 15) is 4.79 Å². The molecule has 0 aromatic rings. The first-order chi connectivity index (χ1) is 17.4. The lowest BCUT2D eigenvalue weighted by Gasteiger charge is -2.30. The van der Waals surface area contributed by atoms with Crippen molar-refractivity contribution in [2.45, 2.75) is 117 Å². The smallest absolute Gasteiger partial charge is 0.374 e. The topological polar surface area (TPSA) is 72.5 Å². The third kappa shape index (κ3) is 16.2. The van der Waals surface area contributed by atoms with Gasteiger partial charge in [-0.2, -0.15) is 0 Å². The lowest BCUT2D eigenvalue weighted by atomic mass is 10.1. The van der Waals surface area contributed by atoms with E-state index in [-0.39, 0.29) is 10.4 Å². The van der Waals surface area contributed by atoms with E-state index < -0.39 is 17.6 Å². The Morgan fingerprint density at radius 1 is 0.667 bits per heavy atom. The van der Waals surface area contributed by atoms with E-state index in [1.54, 1.807) is 0 Å². The van der Waals surface area contributed by atoms with Gasteiger partial charge in [-0.1, -0.05) is 44.4 Å². The summed E-state index contributed by atoms with van der Waals surface area (Å²) in [6.07, 6.45) is 10.1. The van der Waals surface area contributed by atoms with Crippen LogP contribution in [0.2, 0.25) is 12.1 Å². The summed E-state index contributed by atoms with van der Waals surface area (Å²) >= 11 is 1.45. The Kier molecular flexibility index (Phi) is 23.3. The van der Waals surface area contributed by atoms with Gasteiger partial charge in [0.2, 0.25) is 0 Å². The molecule has 0 saturated carbocycles. The van der Waals surface area contributed by atoms with E-state index >= 15 is 0 Å². The van der Waals surface area contributed by atoms with Crippen molar-refractivity contribution in [3.8, 4) is 0 Å². The molecular formula is C26H55O7SSi2. The molecule has 10 heteroatoms. The molecule has 0 aliphatic rings. The summed E-state index contributed by atoms with van der Waals surface area (Å²) in [5.74, 6) is 0. The van der Waals surface area contributed by atoms with Crippen LogP contribution in [0, 0.1) is 6.42 Å². The number of hydrogen-bond donors (Lipinski definition) is 0. The fraction of sp³-hybridized carbons (Fsp3) is 0.923. The van der Waals surface area contributed by atoms with Gasteiger partial charge in [-0.25, -0.2) is 0 Å². The van der Waals surface area contributed by atoms with E-state index in [4.69, 9.17) is 26.6 Å². The quantitative estimate of drug-likeness (QED) is 0.0813. The molecule has 7 nitrogen and oxygen atoms in total. The lowest BCUT2D eigenvalue weighted by Crippen LogP contribution is -2.46. The van der Waals surface area contributed by atoms with Crippen LogP contribution < -0.4 is 0 Å². The van der Waals surface area contributed by atoms with Crippen LogP contribution in [0.5, 0.6) is 0 Å². The summed E-state index contributed by atoms with van der Waals surface area (Å²) in [5.41, 5.74) is 0. The second kappa shape index (κ2) is 23.1. The molecule has 215 valence electrons. The number of unbranched alkanes of at least 4 members (excludes halogenated alkanes) is 4. The van der Waals surface area contributed by atoms with Crippen LogP contribution in [0.15, 0.2) is 0 Å². The number of thioether (sulfide) groups is 1. The molecule has 0 heterocycles. The normalized spacial score (nSPS) is 13.3. The molecule has 0 aromatic heterocycles. The van der Waals surface area contributed by atoms with Gasteiger partial charge in [-0.15, -0.1) is 0 Å². The van der Waals surface area contributed by atoms with Crippen molar-refractivity contribution in [1.29, 1.82) is 0 Å². The molecule has 0 bridgehead atoms. The first-order valence-electron chi connectivity index (χ1n) is 14.3. The fourth-order valence-electron chi connectivity index (χ4n) is 4.09. The Bertz CT molecular complexity index is 494. The molecule has 0 aliphatic carbocycles. The predicted octanol–water partition coefficient (Wildman–Crippen LogP) is 7.06. The molecule has 0 amide bonds. The van der Waals surface area contributed by atoms with Crippen LogP contribution in [0.25, 0.3) is 0 Å². The van der Waals surface area contributed by atoms with Gasteiger partial charge in [0.1, 0.15) is 0 Å². The van der Waals surface area contributed by atoms with Crippen molar-refractivity contribution in [3.05, 3.63) is 6.42 Å². The predicted molar refractivity (Wildman–Crippen MR) is 154 cm³/mol. The van der Waals surface area contributed by atoms with E-state index in [2.05, 4.69) is 13.3 Å². The number of hydrogen-bond acceptors (Lipinski definition) is 8. The van der Waals surface area contributed by atoms with Gasteiger partial charge in [0.15, 0.2) is 5.12 Å². The third-order valence-electron chi connectivity index (χ3n) is 5.57. The average molecular weight is 568 g/mol. The molecule has 0 rings (SSSR count). The van der Waals surface area contributed by atoms with Gasteiger partial charge < -0.3 is 26.6 Å². The molecule has 1 atom stereocenters. The third-order valence-corrected chi connectivity index (χ3v) is 12.9. The van der Waals surface area contributed by atoms with Crippen LogP contribution in [0.1, 0.15) is 99.8 Å². The van der Waals surface area contributed by atoms with Gasteiger partial charge in [-0.05, 0) is 67.2 Å². The zero-order chi connectivity index (χ0) is 27.1. The van der Waals surface area contributed by atoms with Crippen molar-refractivity contribution < 1.29 is 31.4 Å². The number of carbonyl (C=O) groups excluding carboxylic acids is 1. The summed E-state index contributed by atoms with van der Waals surface area (Å²) < 4.78 is 36.2. The van der Waals surface area contributed by atoms with Gasteiger partial charge in [-0.3, -0.25) is 4.79 Å². The summed E-state index contributed by atoms with van der Waals surface area (Å²) in [6, 6.07) is 1.39. The van der Waals surface area contributed by atoms with Crippen LogP contribution >= 0.6 is 11.8 Å². The monoisotopic (exact) mass is 567 g/mol. The highest BCUT2D eigenvalue weighted by Gasteiger charge is 2.42. The van der Waals surface area contributed by atoms with Gasteiger partial charge in [0.05, 0.1) is 0 Å². The van der Waals surface area contributed by atoms with Gasteiger partial charge in [0.25, 0.3) is 0 Å². The van der Waals surface area contributed by atoms with Crippen molar-refractivity contribution in [1.82, 2.24) is 0 Å². The van der Waals surface area contributed by atoms with Crippen LogP contribution in [0.3, 0.4) is 0 Å². The van der Waals surface area contributed by atoms with Crippen LogP contribution in [0.4, 0.5) is 0 Å². The minimum atomic E-state index is -2.77. The molecule has 1 unspecified atom stereocenters. The fourth-order valence-corrected chi connectivity index (χ4v) is 10.6. The maximum Gasteiger partial charge on any atom is 0.500 e. The molecule has 0 saturated heterocycles. The highest BCUT2D eigenvalue weighted by Crippen LogP contribution is 2.30. The van der Waals surface area contributed by atoms with E-state index in [1.165, 1.54) is 31.0 Å². The van der Waals surface area contributed by atoms with Crippen molar-refractivity contribution in [2.24, 2.45) is 0 Å². The lowest BCUT2D eigenvalue weighted by molar-refractivity contribution is -0.111. The second-order valence-corrected chi connectivity index (χ2v) is 15.2. The first-order valence-corrected chi connectivity index (χ1v) is 19.0. The molecular weight excluding hydrogens is 513 g/mol. The summed E-state index contributed by atoms with van der Waals surface area (Å²) in [4.78, 5) is 12.9. The van der Waals surface area contributed by atoms with E-state index in [0.29, 0.717) is 58.2 Å². The Hall–Kier alpha value is 0.214. The van der Waals surface area contributed by atoms with Crippen LogP contribution in [-0.2, 0) is 31.4 Å². The van der Waals surface area contributed by atoms with E-state index in [0.717, 1.165) is 25.7 Å². The molecule has 0 fully saturated rings. The summed E-state index contributed by atoms with van der Waals surface area (Å²) in [6.45, 7) is 17.4. The minimum Gasteiger partial charge on any atom is -0.374 e. The Morgan fingerprint density at radius 3 is 1.56 bits per heavy atom. The SMILES string of the molecule is CCCCCCCC(=O)SC([CH]CC[Si](OCC)(OCC)OCC)CC[Si](OCC)(OCC)OCC. The Labute approximate surface area is 228 Å². The molecule has 0 spiro atoms. The van der Waals surface area contributed by atoms with Crippen molar-refractivity contribution in [2.75, 3.05) is 39.6 Å². The zero-order valence-electron chi connectivity index (χ0n) is 24.2. The maximum atomic E-state index is 12.9. The van der Waals surface area contributed by atoms with E-state index in [1.807, 2.05) is 41.5 Å². The molecule has 36 heavy (non-hydrogen) atoms. The van der Waals surface area contributed by atoms with Crippen molar-refractivity contribution >= 4 is 34.5 Å². The zero-order valence-corrected chi connectivity index (χ0v) is 27.1. The summed E-state index contributed by atoms with van der Waals surface area (Å²) in [5, 5.41) is 0.310. The maximum absolute atomic E-state index is 12.9. The average Bonchev–Trinajstić information content (AvgIpc) is 2.83. The minimum absolute atomic E-state index is 0.0537. The molecule has 0 N–H and O–H groups in total. The van der Waals surface area contributed by atoms with Crippen LogP contribution in [-0.4, -0.2) is 67.6 Å². The van der Waals surface area contributed by atoms with Crippen molar-refractivity contribution in [3.63, 3.8) is 0 Å².